The van der Waals surface area contributed by atoms with E-state index in [4.69, 9.17) is 10.1 Å². The van der Waals surface area contributed by atoms with Crippen LogP contribution in [0, 0.1) is 0 Å². The summed E-state index contributed by atoms with van der Waals surface area (Å²) in [6.07, 6.45) is 6.03. The molecule has 0 bridgehead atoms. The van der Waals surface area contributed by atoms with Crippen LogP contribution in [-0.4, -0.2) is 29.6 Å². The van der Waals surface area contributed by atoms with E-state index in [0.717, 1.165) is 41.5 Å². The molecule has 1 aliphatic carbocycles. The number of hydrogen-bond acceptors (Lipinski definition) is 7. The number of amides is 1. The van der Waals surface area contributed by atoms with Crippen molar-refractivity contribution in [3.05, 3.63) is 57.7 Å². The van der Waals surface area contributed by atoms with Crippen molar-refractivity contribution < 1.29 is 13.2 Å². The Kier molecular flexibility index (Phi) is 7.03. The summed E-state index contributed by atoms with van der Waals surface area (Å²) in [7, 11) is -3.78. The summed E-state index contributed by atoms with van der Waals surface area (Å²) >= 11 is 2.97. The maximum atomic E-state index is 13.2. The third-order valence-corrected chi connectivity index (χ3v) is 8.47. The molecule has 33 heavy (non-hydrogen) atoms. The van der Waals surface area contributed by atoms with Crippen LogP contribution in [0.2, 0.25) is 0 Å². The van der Waals surface area contributed by atoms with Gasteiger partial charge in [-0.15, -0.1) is 17.9 Å². The first kappa shape index (κ1) is 23.7. The predicted molar refractivity (Wildman–Crippen MR) is 133 cm³/mol. The van der Waals surface area contributed by atoms with Crippen LogP contribution < -0.4 is 16.0 Å². The summed E-state index contributed by atoms with van der Waals surface area (Å²) in [6, 6.07) is 5.65. The van der Waals surface area contributed by atoms with Crippen LogP contribution in [-0.2, 0) is 34.2 Å². The number of benzene rings is 1. The fourth-order valence-electron chi connectivity index (χ4n) is 3.81. The van der Waals surface area contributed by atoms with Crippen molar-refractivity contribution in [1.82, 2.24) is 9.55 Å². The van der Waals surface area contributed by atoms with E-state index >= 15 is 0 Å². The number of thiophene rings is 1. The number of aromatic nitrogens is 2. The van der Waals surface area contributed by atoms with E-state index in [9.17, 15) is 18.0 Å². The van der Waals surface area contributed by atoms with Gasteiger partial charge in [-0.1, -0.05) is 17.8 Å². The molecule has 0 radical (unpaired) electrons. The largest absolute Gasteiger partial charge is 0.326 e. The smallest absolute Gasteiger partial charge is 0.263 e. The van der Waals surface area contributed by atoms with Crippen LogP contribution >= 0.6 is 23.1 Å². The van der Waals surface area contributed by atoms with Crippen molar-refractivity contribution in [2.45, 2.75) is 48.7 Å². The Morgan fingerprint density at radius 2 is 2.00 bits per heavy atom. The minimum atomic E-state index is -3.78. The second kappa shape index (κ2) is 9.80. The highest BCUT2D eigenvalue weighted by Gasteiger charge is 2.22. The van der Waals surface area contributed by atoms with E-state index < -0.39 is 10.0 Å². The minimum absolute atomic E-state index is 0.0204. The van der Waals surface area contributed by atoms with Crippen molar-refractivity contribution in [3.63, 3.8) is 0 Å². The van der Waals surface area contributed by atoms with Crippen LogP contribution in [0.5, 0.6) is 0 Å². The number of aryl methyl sites for hydroxylation is 2. The maximum absolute atomic E-state index is 13.2. The molecule has 174 valence electrons. The van der Waals surface area contributed by atoms with Gasteiger partial charge in [0.05, 0.1) is 10.3 Å². The zero-order chi connectivity index (χ0) is 23.6. The average molecular weight is 505 g/mol. The lowest BCUT2D eigenvalue weighted by Gasteiger charge is -2.12. The number of anilines is 1. The molecule has 0 atom stereocenters. The highest BCUT2D eigenvalue weighted by Crippen LogP contribution is 2.34. The molecule has 0 saturated heterocycles. The van der Waals surface area contributed by atoms with Gasteiger partial charge in [-0.25, -0.2) is 18.5 Å². The SMILES string of the molecule is C=CCn1c(SCCC(=O)Nc2ccc(S(N)(=O)=O)cc2)nc2sc3c(c2c1=O)CCCC3. The van der Waals surface area contributed by atoms with Crippen molar-refractivity contribution in [2.75, 3.05) is 11.1 Å². The number of nitrogens with zero attached hydrogens (tertiary/aromatic N) is 2. The molecular weight excluding hydrogens is 480 g/mol. The highest BCUT2D eigenvalue weighted by molar-refractivity contribution is 7.99. The predicted octanol–water partition coefficient (Wildman–Crippen LogP) is 3.29. The fraction of sp³-hybridized carbons (Fsp3) is 0.318. The van der Waals surface area contributed by atoms with Gasteiger partial charge in [0, 0.05) is 29.3 Å². The fourth-order valence-corrected chi connectivity index (χ4v) is 6.57. The number of thioether (sulfide) groups is 1. The monoisotopic (exact) mass is 504 g/mol. The molecule has 1 amide bonds. The summed E-state index contributed by atoms with van der Waals surface area (Å²) < 4.78 is 24.3. The zero-order valence-corrected chi connectivity index (χ0v) is 20.3. The van der Waals surface area contributed by atoms with Gasteiger partial charge in [0.2, 0.25) is 15.9 Å². The van der Waals surface area contributed by atoms with Gasteiger partial charge in [-0.05, 0) is 55.5 Å². The lowest BCUT2D eigenvalue weighted by molar-refractivity contribution is -0.115. The Morgan fingerprint density at radius 1 is 1.27 bits per heavy atom. The molecule has 0 saturated carbocycles. The number of carbonyl (C=O) groups excluding carboxylic acids is 1. The number of hydrogen-bond donors (Lipinski definition) is 2. The molecule has 0 fully saturated rings. The van der Waals surface area contributed by atoms with Crippen LogP contribution in [0.1, 0.15) is 29.7 Å². The average Bonchev–Trinajstić information content (AvgIpc) is 3.14. The highest BCUT2D eigenvalue weighted by atomic mass is 32.2. The molecule has 1 aliphatic rings. The maximum Gasteiger partial charge on any atom is 0.263 e. The quantitative estimate of drug-likeness (QED) is 0.276. The van der Waals surface area contributed by atoms with Gasteiger partial charge >= 0.3 is 0 Å². The Morgan fingerprint density at radius 3 is 2.70 bits per heavy atom. The number of fused-ring (bicyclic) bond motifs is 3. The molecule has 0 spiro atoms. The molecule has 3 N–H and O–H groups in total. The third kappa shape index (κ3) is 5.21. The van der Waals surface area contributed by atoms with Gasteiger partial charge in [0.1, 0.15) is 4.83 Å². The second-order valence-corrected chi connectivity index (χ2v) is 11.4. The molecule has 1 aromatic carbocycles. The van der Waals surface area contributed by atoms with Crippen LogP contribution in [0.3, 0.4) is 0 Å². The van der Waals surface area contributed by atoms with E-state index in [1.807, 2.05) is 0 Å². The van der Waals surface area contributed by atoms with E-state index in [0.29, 0.717) is 23.1 Å². The normalized spacial score (nSPS) is 13.6. The number of carbonyl (C=O) groups is 1. The van der Waals surface area contributed by atoms with Crippen LogP contribution in [0.15, 0.2) is 51.8 Å². The number of nitrogens with one attached hydrogen (secondary N) is 1. The number of primary sulfonamides is 1. The van der Waals surface area contributed by atoms with Crippen LogP contribution in [0.4, 0.5) is 5.69 Å². The molecule has 8 nitrogen and oxygen atoms in total. The number of sulfonamides is 1. The van der Waals surface area contributed by atoms with E-state index in [1.54, 1.807) is 22.0 Å². The van der Waals surface area contributed by atoms with Gasteiger partial charge in [-0.3, -0.25) is 14.2 Å². The first-order valence-corrected chi connectivity index (χ1v) is 13.8. The number of nitrogens with two attached hydrogens (primary N) is 1. The molecule has 0 unspecified atom stereocenters. The summed E-state index contributed by atoms with van der Waals surface area (Å²) in [6.45, 7) is 4.12. The Hall–Kier alpha value is -2.47. The molecule has 11 heteroatoms. The van der Waals surface area contributed by atoms with Crippen LogP contribution in [0.25, 0.3) is 10.2 Å². The first-order chi connectivity index (χ1) is 15.8. The van der Waals surface area contributed by atoms with Crippen molar-refractivity contribution in [1.29, 1.82) is 0 Å². The molecule has 0 aliphatic heterocycles. The lowest BCUT2D eigenvalue weighted by atomic mass is 9.97. The Bertz CT molecular complexity index is 1380. The molecule has 3 aromatic rings. The van der Waals surface area contributed by atoms with Crippen molar-refractivity contribution in [2.24, 2.45) is 5.14 Å². The second-order valence-electron chi connectivity index (χ2n) is 7.71. The standard InChI is InChI=1S/C22H24N4O4S3/c1-2-12-26-21(28)19-16-5-3-4-6-17(16)32-20(19)25-22(26)31-13-11-18(27)24-14-7-9-15(10-8-14)33(23,29)30/h2,7-10H,1,3-6,11-13H2,(H,24,27)(H2,23,29,30). The zero-order valence-electron chi connectivity index (χ0n) is 17.9. The Labute approximate surface area is 200 Å². The molecule has 4 rings (SSSR count). The van der Waals surface area contributed by atoms with Gasteiger partial charge in [0.15, 0.2) is 5.16 Å². The molecule has 2 aromatic heterocycles. The number of allylic oxidation sites excluding steroid dienone is 1. The van der Waals surface area contributed by atoms with Gasteiger partial charge < -0.3 is 5.32 Å². The third-order valence-electron chi connectivity index (χ3n) is 5.38. The summed E-state index contributed by atoms with van der Waals surface area (Å²) in [5.74, 6) is 0.206. The van der Waals surface area contributed by atoms with Gasteiger partial charge in [-0.2, -0.15) is 0 Å². The minimum Gasteiger partial charge on any atom is -0.326 e. The Balaban J connectivity index is 1.46. The first-order valence-electron chi connectivity index (χ1n) is 10.5. The number of rotatable bonds is 8. The molecule has 2 heterocycles. The van der Waals surface area contributed by atoms with Crippen molar-refractivity contribution >= 4 is 54.9 Å². The van der Waals surface area contributed by atoms with E-state index in [2.05, 4.69) is 11.9 Å². The topological polar surface area (TPSA) is 124 Å². The summed E-state index contributed by atoms with van der Waals surface area (Å²) in [5.41, 5.74) is 1.59. The summed E-state index contributed by atoms with van der Waals surface area (Å²) in [4.78, 5) is 32.4. The van der Waals surface area contributed by atoms with E-state index in [-0.39, 0.29) is 22.8 Å². The van der Waals surface area contributed by atoms with E-state index in [1.165, 1.54) is 40.9 Å². The lowest BCUT2D eigenvalue weighted by Crippen LogP contribution is -2.23. The van der Waals surface area contributed by atoms with Crippen molar-refractivity contribution in [3.8, 4) is 0 Å². The summed E-state index contributed by atoms with van der Waals surface area (Å²) in [5, 5.41) is 9.13. The van der Waals surface area contributed by atoms with Gasteiger partial charge in [0.25, 0.3) is 5.56 Å². The molecular formula is C22H24N4O4S3.